The molecule has 0 saturated carbocycles. The molecule has 0 amide bonds. The Morgan fingerprint density at radius 3 is 2.72 bits per heavy atom. The Hall–Kier alpha value is -0.830. The second-order valence-corrected chi connectivity index (χ2v) is 6.65. The average molecular weight is 278 g/mol. The fourth-order valence-electron chi connectivity index (χ4n) is 2.84. The molecule has 0 saturated heterocycles. The Kier molecular flexibility index (Phi) is 3.18. The van der Waals surface area contributed by atoms with E-state index in [1.54, 1.807) is 11.3 Å². The highest BCUT2D eigenvalue weighted by Crippen LogP contribution is 2.41. The van der Waals surface area contributed by atoms with Crippen LogP contribution in [0.3, 0.4) is 0 Å². The normalized spacial score (nSPS) is 23.4. The van der Waals surface area contributed by atoms with Crippen LogP contribution in [0.2, 0.25) is 4.34 Å². The topological polar surface area (TPSA) is 26.0 Å². The van der Waals surface area contributed by atoms with Gasteiger partial charge in [-0.1, -0.05) is 42.3 Å². The summed E-state index contributed by atoms with van der Waals surface area (Å²) < 4.78 is 0.816. The molecule has 1 aromatic heterocycles. The zero-order valence-corrected chi connectivity index (χ0v) is 11.7. The van der Waals surface area contributed by atoms with Crippen molar-refractivity contribution in [3.63, 3.8) is 0 Å². The molecule has 0 spiro atoms. The molecule has 0 bridgehead atoms. The van der Waals surface area contributed by atoms with Gasteiger partial charge in [0.05, 0.1) is 9.88 Å². The molecule has 1 atom stereocenters. The van der Waals surface area contributed by atoms with Gasteiger partial charge in [-0.2, -0.15) is 0 Å². The number of thiophene rings is 1. The van der Waals surface area contributed by atoms with Crippen LogP contribution in [0.1, 0.15) is 35.3 Å². The Morgan fingerprint density at radius 1 is 1.11 bits per heavy atom. The first-order chi connectivity index (χ1) is 8.70. The fraction of sp³-hybridized carbons (Fsp3) is 0.333. The monoisotopic (exact) mass is 277 g/mol. The van der Waals surface area contributed by atoms with Crippen molar-refractivity contribution >= 4 is 22.9 Å². The van der Waals surface area contributed by atoms with Crippen LogP contribution in [0.4, 0.5) is 0 Å². The van der Waals surface area contributed by atoms with E-state index >= 15 is 0 Å². The second kappa shape index (κ2) is 4.69. The van der Waals surface area contributed by atoms with Crippen molar-refractivity contribution in [2.75, 3.05) is 0 Å². The standard InChI is InChI=1S/C15H16ClNS/c16-14-9-8-13(18-14)15(17)10-4-3-6-11-5-1-2-7-12(11)15/h1-2,5,7-9H,3-4,6,10,17H2. The predicted molar refractivity (Wildman–Crippen MR) is 78.3 cm³/mol. The summed E-state index contributed by atoms with van der Waals surface area (Å²) in [5.74, 6) is 0. The average Bonchev–Trinajstić information content (AvgIpc) is 2.74. The Bertz CT molecular complexity index is 563. The van der Waals surface area contributed by atoms with Crippen LogP contribution < -0.4 is 5.73 Å². The lowest BCUT2D eigenvalue weighted by atomic mass is 9.84. The lowest BCUT2D eigenvalue weighted by molar-refractivity contribution is 0.488. The molecule has 0 aliphatic heterocycles. The number of fused-ring (bicyclic) bond motifs is 1. The third kappa shape index (κ3) is 1.99. The quantitative estimate of drug-likeness (QED) is 0.772. The zero-order valence-electron chi connectivity index (χ0n) is 10.2. The summed E-state index contributed by atoms with van der Waals surface area (Å²) in [7, 11) is 0. The molecule has 94 valence electrons. The SMILES string of the molecule is NC1(c2ccc(Cl)s2)CCCCc2ccccc21. The van der Waals surface area contributed by atoms with Crippen molar-refractivity contribution in [1.29, 1.82) is 0 Å². The predicted octanol–water partition coefficient (Wildman–Crippen LogP) is 4.33. The molecule has 1 aliphatic carbocycles. The molecule has 2 N–H and O–H groups in total. The highest BCUT2D eigenvalue weighted by atomic mass is 35.5. The molecule has 1 nitrogen and oxygen atoms in total. The van der Waals surface area contributed by atoms with Crippen LogP contribution >= 0.6 is 22.9 Å². The largest absolute Gasteiger partial charge is 0.317 e. The molecular formula is C15H16ClNS. The minimum Gasteiger partial charge on any atom is -0.317 e. The van der Waals surface area contributed by atoms with Crippen molar-refractivity contribution in [3.05, 3.63) is 56.7 Å². The van der Waals surface area contributed by atoms with Crippen molar-refractivity contribution < 1.29 is 0 Å². The molecule has 1 aromatic carbocycles. The zero-order chi connectivity index (χ0) is 12.6. The minimum atomic E-state index is -0.356. The van der Waals surface area contributed by atoms with E-state index in [0.29, 0.717) is 0 Å². The van der Waals surface area contributed by atoms with Crippen LogP contribution in [0.15, 0.2) is 36.4 Å². The van der Waals surface area contributed by atoms with Crippen molar-refractivity contribution in [2.45, 2.75) is 31.2 Å². The van der Waals surface area contributed by atoms with Gasteiger partial charge in [-0.25, -0.2) is 0 Å². The van der Waals surface area contributed by atoms with Gasteiger partial charge in [-0.15, -0.1) is 11.3 Å². The Balaban J connectivity index is 2.16. The molecule has 0 radical (unpaired) electrons. The van der Waals surface area contributed by atoms with Gasteiger partial charge in [0.2, 0.25) is 0 Å². The smallest absolute Gasteiger partial charge is 0.0932 e. The van der Waals surface area contributed by atoms with Crippen LogP contribution in [-0.4, -0.2) is 0 Å². The van der Waals surface area contributed by atoms with Crippen molar-refractivity contribution in [2.24, 2.45) is 5.73 Å². The second-order valence-electron chi connectivity index (χ2n) is 4.94. The van der Waals surface area contributed by atoms with Crippen LogP contribution in [-0.2, 0) is 12.0 Å². The van der Waals surface area contributed by atoms with Gasteiger partial charge in [0.25, 0.3) is 0 Å². The van der Waals surface area contributed by atoms with Gasteiger partial charge in [-0.05, 0) is 42.5 Å². The van der Waals surface area contributed by atoms with E-state index in [4.69, 9.17) is 17.3 Å². The fourth-order valence-corrected chi connectivity index (χ4v) is 4.03. The molecule has 2 aromatic rings. The van der Waals surface area contributed by atoms with Gasteiger partial charge < -0.3 is 5.73 Å². The Morgan fingerprint density at radius 2 is 1.94 bits per heavy atom. The first-order valence-electron chi connectivity index (χ1n) is 6.33. The summed E-state index contributed by atoms with van der Waals surface area (Å²) in [6, 6.07) is 12.6. The van der Waals surface area contributed by atoms with Gasteiger partial charge in [0.1, 0.15) is 0 Å². The first-order valence-corrected chi connectivity index (χ1v) is 7.53. The maximum absolute atomic E-state index is 6.76. The van der Waals surface area contributed by atoms with Crippen LogP contribution in [0.25, 0.3) is 0 Å². The van der Waals surface area contributed by atoms with Gasteiger partial charge >= 0.3 is 0 Å². The highest BCUT2D eigenvalue weighted by Gasteiger charge is 2.34. The lowest BCUT2D eigenvalue weighted by Crippen LogP contribution is -2.37. The van der Waals surface area contributed by atoms with E-state index < -0.39 is 0 Å². The maximum atomic E-state index is 6.76. The van der Waals surface area contributed by atoms with E-state index in [9.17, 15) is 0 Å². The summed E-state index contributed by atoms with van der Waals surface area (Å²) in [4.78, 5) is 1.18. The number of nitrogens with two attached hydrogens (primary N) is 1. The van der Waals surface area contributed by atoms with Gasteiger partial charge in [-0.3, -0.25) is 0 Å². The summed E-state index contributed by atoms with van der Waals surface area (Å²) in [5.41, 5.74) is 9.07. The molecule has 1 aliphatic rings. The van der Waals surface area contributed by atoms with E-state index in [2.05, 4.69) is 30.3 Å². The lowest BCUT2D eigenvalue weighted by Gasteiger charge is -2.29. The van der Waals surface area contributed by atoms with Gasteiger partial charge in [0, 0.05) is 4.88 Å². The summed E-state index contributed by atoms with van der Waals surface area (Å²) >= 11 is 7.68. The van der Waals surface area contributed by atoms with Gasteiger partial charge in [0.15, 0.2) is 0 Å². The van der Waals surface area contributed by atoms with E-state index in [0.717, 1.165) is 17.2 Å². The number of rotatable bonds is 1. The third-order valence-electron chi connectivity index (χ3n) is 3.78. The third-order valence-corrected chi connectivity index (χ3v) is 5.19. The molecule has 18 heavy (non-hydrogen) atoms. The number of hydrogen-bond acceptors (Lipinski definition) is 2. The molecule has 3 rings (SSSR count). The minimum absolute atomic E-state index is 0.356. The summed E-state index contributed by atoms with van der Waals surface area (Å²) in [6.07, 6.45) is 4.52. The van der Waals surface area contributed by atoms with E-state index in [1.165, 1.54) is 28.8 Å². The van der Waals surface area contributed by atoms with Crippen molar-refractivity contribution in [1.82, 2.24) is 0 Å². The highest BCUT2D eigenvalue weighted by molar-refractivity contribution is 7.16. The first kappa shape index (κ1) is 12.2. The Labute approximate surface area is 117 Å². The van der Waals surface area contributed by atoms with Crippen molar-refractivity contribution in [3.8, 4) is 0 Å². The number of hydrogen-bond donors (Lipinski definition) is 1. The molecular weight excluding hydrogens is 262 g/mol. The molecule has 1 heterocycles. The number of benzene rings is 1. The maximum Gasteiger partial charge on any atom is 0.0932 e. The molecule has 0 fully saturated rings. The van der Waals surface area contributed by atoms with E-state index in [1.807, 2.05) is 6.07 Å². The number of aryl methyl sites for hydroxylation is 1. The molecule has 1 unspecified atom stereocenters. The molecule has 3 heteroatoms. The van der Waals surface area contributed by atoms with Crippen LogP contribution in [0, 0.1) is 0 Å². The van der Waals surface area contributed by atoms with Crippen LogP contribution in [0.5, 0.6) is 0 Å². The summed E-state index contributed by atoms with van der Waals surface area (Å²) in [5, 5.41) is 0. The number of halogens is 1. The summed E-state index contributed by atoms with van der Waals surface area (Å²) in [6.45, 7) is 0. The van der Waals surface area contributed by atoms with E-state index in [-0.39, 0.29) is 5.54 Å².